The second-order valence-electron chi connectivity index (χ2n) is 5.43. The van der Waals surface area contributed by atoms with Crippen LogP contribution in [0.5, 0.6) is 0 Å². The van der Waals surface area contributed by atoms with Crippen molar-refractivity contribution in [3.63, 3.8) is 0 Å². The number of carbonyl (C=O) groups is 1. The zero-order valence-electron chi connectivity index (χ0n) is 11.0. The summed E-state index contributed by atoms with van der Waals surface area (Å²) in [5.41, 5.74) is 1.84. The van der Waals surface area contributed by atoms with Crippen LogP contribution in [0.3, 0.4) is 0 Å². The molecule has 0 saturated carbocycles. The van der Waals surface area contributed by atoms with E-state index >= 15 is 0 Å². The molecule has 2 aromatic rings. The number of hydrogen-bond acceptors (Lipinski definition) is 3. The highest BCUT2D eigenvalue weighted by atomic mass is 16.3. The van der Waals surface area contributed by atoms with Gasteiger partial charge in [0.1, 0.15) is 11.8 Å². The predicted molar refractivity (Wildman–Crippen MR) is 76.7 cm³/mol. The zero-order valence-corrected chi connectivity index (χ0v) is 11.0. The Bertz CT molecular complexity index is 724. The number of nitrogens with one attached hydrogen (secondary N) is 1. The molecule has 0 saturated heterocycles. The van der Waals surface area contributed by atoms with Crippen LogP contribution in [0.1, 0.15) is 22.8 Å². The molecule has 0 unspecified atom stereocenters. The van der Waals surface area contributed by atoms with Crippen LogP contribution in [0.15, 0.2) is 48.5 Å². The maximum absolute atomic E-state index is 12.7. The number of rotatable bonds is 0. The van der Waals surface area contributed by atoms with Crippen molar-refractivity contribution in [3.8, 4) is 0 Å². The van der Waals surface area contributed by atoms with E-state index < -0.39 is 11.8 Å². The van der Waals surface area contributed by atoms with E-state index in [0.717, 1.165) is 16.9 Å². The third-order valence-electron chi connectivity index (χ3n) is 4.17. The average molecular weight is 266 g/mol. The Labute approximate surface area is 116 Å². The minimum Gasteiger partial charge on any atom is -0.381 e. The highest BCUT2D eigenvalue weighted by Gasteiger charge is 2.51. The van der Waals surface area contributed by atoms with Crippen LogP contribution in [0, 0.1) is 0 Å². The van der Waals surface area contributed by atoms with Crippen LogP contribution >= 0.6 is 0 Å². The van der Waals surface area contributed by atoms with Gasteiger partial charge >= 0.3 is 0 Å². The van der Waals surface area contributed by atoms with E-state index in [4.69, 9.17) is 0 Å². The Balaban J connectivity index is 1.95. The lowest BCUT2D eigenvalue weighted by atomic mass is 9.95. The summed E-state index contributed by atoms with van der Waals surface area (Å²) < 4.78 is 0. The second kappa shape index (κ2) is 3.61. The van der Waals surface area contributed by atoms with Crippen molar-refractivity contribution < 1.29 is 9.90 Å². The Morgan fingerprint density at radius 2 is 1.85 bits per heavy atom. The monoisotopic (exact) mass is 266 g/mol. The summed E-state index contributed by atoms with van der Waals surface area (Å²) in [7, 11) is 0. The number of amides is 1. The summed E-state index contributed by atoms with van der Waals surface area (Å²) in [6, 6.07) is 14.9. The van der Waals surface area contributed by atoms with Crippen LogP contribution in [0.2, 0.25) is 0 Å². The number of benzene rings is 2. The van der Waals surface area contributed by atoms with E-state index in [1.165, 1.54) is 0 Å². The van der Waals surface area contributed by atoms with Gasteiger partial charge in [-0.2, -0.15) is 0 Å². The van der Waals surface area contributed by atoms with Gasteiger partial charge in [-0.05, 0) is 25.1 Å². The van der Waals surface area contributed by atoms with Crippen LogP contribution in [0.4, 0.5) is 11.4 Å². The molecule has 100 valence electrons. The molecule has 2 aromatic carbocycles. The van der Waals surface area contributed by atoms with Crippen molar-refractivity contribution in [1.29, 1.82) is 0 Å². The number of hydrogen-bond donors (Lipinski definition) is 2. The average Bonchev–Trinajstić information content (AvgIpc) is 2.69. The Morgan fingerprint density at radius 3 is 2.70 bits per heavy atom. The van der Waals surface area contributed by atoms with Gasteiger partial charge in [0, 0.05) is 11.3 Å². The lowest BCUT2D eigenvalue weighted by Crippen LogP contribution is -2.54. The predicted octanol–water partition coefficient (Wildman–Crippen LogP) is 2.31. The molecule has 0 radical (unpaired) electrons. The minimum absolute atomic E-state index is 0.0745. The van der Waals surface area contributed by atoms with Crippen LogP contribution in [-0.2, 0) is 5.60 Å². The lowest BCUT2D eigenvalue weighted by Gasteiger charge is -2.37. The molecule has 4 nitrogen and oxygen atoms in total. The minimum atomic E-state index is -1.11. The first-order valence-electron chi connectivity index (χ1n) is 6.62. The molecule has 2 heterocycles. The number of aliphatic hydroxyl groups is 1. The molecule has 0 fully saturated rings. The fourth-order valence-corrected chi connectivity index (χ4v) is 3.15. The number of carbonyl (C=O) groups excluding carboxylic acids is 1. The van der Waals surface area contributed by atoms with Crippen molar-refractivity contribution in [3.05, 3.63) is 59.7 Å². The summed E-state index contributed by atoms with van der Waals surface area (Å²) in [6.07, 6.45) is -0.470. The first kappa shape index (κ1) is 11.5. The molecular weight excluding hydrogens is 252 g/mol. The molecule has 2 aliphatic rings. The molecule has 2 atom stereocenters. The third kappa shape index (κ3) is 1.26. The van der Waals surface area contributed by atoms with Crippen molar-refractivity contribution in [2.75, 3.05) is 10.2 Å². The van der Waals surface area contributed by atoms with Gasteiger partial charge in [-0.3, -0.25) is 9.69 Å². The van der Waals surface area contributed by atoms with Gasteiger partial charge in [0.05, 0.1) is 11.3 Å². The lowest BCUT2D eigenvalue weighted by molar-refractivity contribution is 0.0433. The van der Waals surface area contributed by atoms with E-state index in [9.17, 15) is 9.90 Å². The summed E-state index contributed by atoms with van der Waals surface area (Å²) in [5, 5.41) is 14.1. The fourth-order valence-electron chi connectivity index (χ4n) is 3.15. The van der Waals surface area contributed by atoms with Gasteiger partial charge in [0.25, 0.3) is 5.91 Å². The van der Waals surface area contributed by atoms with Gasteiger partial charge in [-0.15, -0.1) is 0 Å². The fraction of sp³-hybridized carbons (Fsp3) is 0.188. The first-order valence-corrected chi connectivity index (χ1v) is 6.62. The third-order valence-corrected chi connectivity index (χ3v) is 4.17. The highest BCUT2D eigenvalue weighted by Crippen LogP contribution is 2.46. The molecule has 0 aromatic heterocycles. The second-order valence-corrected chi connectivity index (χ2v) is 5.43. The zero-order chi connectivity index (χ0) is 13.9. The molecule has 0 aliphatic carbocycles. The van der Waals surface area contributed by atoms with Crippen molar-refractivity contribution in [2.24, 2.45) is 0 Å². The normalized spacial score (nSPS) is 26.6. The molecule has 4 heteroatoms. The van der Waals surface area contributed by atoms with E-state index in [-0.39, 0.29) is 5.91 Å². The van der Waals surface area contributed by atoms with Crippen molar-refractivity contribution in [2.45, 2.75) is 18.7 Å². The maximum Gasteiger partial charge on any atom is 0.262 e. The Morgan fingerprint density at radius 1 is 1.15 bits per heavy atom. The molecule has 20 heavy (non-hydrogen) atoms. The van der Waals surface area contributed by atoms with Gasteiger partial charge in [-0.1, -0.05) is 30.3 Å². The summed E-state index contributed by atoms with van der Waals surface area (Å²) in [4.78, 5) is 14.4. The van der Waals surface area contributed by atoms with Crippen molar-refractivity contribution in [1.82, 2.24) is 0 Å². The topological polar surface area (TPSA) is 52.6 Å². The largest absolute Gasteiger partial charge is 0.381 e. The van der Waals surface area contributed by atoms with E-state index in [2.05, 4.69) is 5.32 Å². The van der Waals surface area contributed by atoms with Gasteiger partial charge in [-0.25, -0.2) is 0 Å². The van der Waals surface area contributed by atoms with Crippen LogP contribution in [0.25, 0.3) is 0 Å². The first-order chi connectivity index (χ1) is 9.60. The van der Waals surface area contributed by atoms with E-state index in [1.54, 1.807) is 17.9 Å². The molecule has 1 amide bonds. The van der Waals surface area contributed by atoms with E-state index in [1.807, 2.05) is 42.5 Å². The number of nitrogens with zero attached hydrogens (tertiary/aromatic N) is 1. The number of anilines is 2. The molecule has 0 spiro atoms. The summed E-state index contributed by atoms with van der Waals surface area (Å²) >= 11 is 0. The van der Waals surface area contributed by atoms with Crippen LogP contribution < -0.4 is 10.2 Å². The SMILES string of the molecule is C[C@]1(O)c2ccccc2N2C(=O)c3ccccc3N[C@@H]21. The highest BCUT2D eigenvalue weighted by molar-refractivity contribution is 6.13. The molecule has 0 bridgehead atoms. The maximum atomic E-state index is 12.7. The van der Waals surface area contributed by atoms with Gasteiger partial charge in [0.15, 0.2) is 0 Å². The summed E-state index contributed by atoms with van der Waals surface area (Å²) in [5.74, 6) is -0.0745. The smallest absolute Gasteiger partial charge is 0.262 e. The standard InChI is InChI=1S/C16H14N2O2/c1-16(20)11-7-3-5-9-13(11)18-14(19)10-6-2-4-8-12(10)17-15(16)18/h2-9,15,17,20H,1H3/t15-,16-/m0/s1. The van der Waals surface area contributed by atoms with Crippen molar-refractivity contribution >= 4 is 17.3 Å². The Hall–Kier alpha value is -2.33. The molecular formula is C16H14N2O2. The molecule has 2 N–H and O–H groups in total. The Kier molecular flexibility index (Phi) is 2.07. The van der Waals surface area contributed by atoms with Gasteiger partial charge < -0.3 is 10.4 Å². The molecule has 4 rings (SSSR count). The van der Waals surface area contributed by atoms with Crippen LogP contribution in [-0.4, -0.2) is 17.2 Å². The number of para-hydroxylation sites is 2. The molecule has 2 aliphatic heterocycles. The van der Waals surface area contributed by atoms with E-state index in [0.29, 0.717) is 5.56 Å². The number of fused-ring (bicyclic) bond motifs is 4. The summed E-state index contributed by atoms with van der Waals surface area (Å²) in [6.45, 7) is 1.74. The van der Waals surface area contributed by atoms with Gasteiger partial charge in [0.2, 0.25) is 0 Å². The quantitative estimate of drug-likeness (QED) is 0.769.